The first kappa shape index (κ1) is 9.77. The first-order chi connectivity index (χ1) is 4.54. The Morgan fingerprint density at radius 2 is 2.40 bits per heavy atom. The molecular weight excluding hydrogens is 220 g/mol. The average molecular weight is 227 g/mol. The number of amidine groups is 1. The van der Waals surface area contributed by atoms with Crippen molar-refractivity contribution in [1.29, 1.82) is 5.41 Å². The normalized spacial score (nSPS) is 12.5. The van der Waals surface area contributed by atoms with Crippen molar-refractivity contribution in [2.45, 2.75) is 4.83 Å². The minimum atomic E-state index is -0.936. The molecule has 0 aromatic carbocycles. The second kappa shape index (κ2) is 4.56. The second-order valence-corrected chi connectivity index (χ2v) is 3.65. The van der Waals surface area contributed by atoms with Gasteiger partial charge in [0.2, 0.25) is 0 Å². The molecule has 6 heteroatoms. The molecule has 58 valence electrons. The Bertz CT molecular complexity index is 152. The molecule has 4 N–H and O–H groups in total. The van der Waals surface area contributed by atoms with Crippen LogP contribution in [0.15, 0.2) is 0 Å². The summed E-state index contributed by atoms with van der Waals surface area (Å²) in [6.07, 6.45) is 0. The summed E-state index contributed by atoms with van der Waals surface area (Å²) in [7, 11) is 0. The molecule has 0 radical (unpaired) electrons. The minimum absolute atomic E-state index is 0.0642. The fourth-order valence-electron chi connectivity index (χ4n) is 0.234. The number of carboxylic acid groups (broad SMARTS) is 1. The summed E-state index contributed by atoms with van der Waals surface area (Å²) in [6.45, 7) is 0. The van der Waals surface area contributed by atoms with Crippen molar-refractivity contribution < 1.29 is 9.90 Å². The first-order valence-corrected chi connectivity index (χ1v) is 4.28. The number of carbonyl (C=O) groups is 1. The number of thioether (sulfide) groups is 1. The largest absolute Gasteiger partial charge is 0.480 e. The lowest BCUT2D eigenvalue weighted by Gasteiger charge is -2.00. The van der Waals surface area contributed by atoms with Gasteiger partial charge in [-0.1, -0.05) is 27.7 Å². The Morgan fingerprint density at radius 3 is 2.70 bits per heavy atom. The monoisotopic (exact) mass is 226 g/mol. The highest BCUT2D eigenvalue weighted by Gasteiger charge is 2.12. The van der Waals surface area contributed by atoms with E-state index in [-0.39, 0.29) is 10.9 Å². The summed E-state index contributed by atoms with van der Waals surface area (Å²) in [5.74, 6) is -0.654. The van der Waals surface area contributed by atoms with Crippen LogP contribution in [0.3, 0.4) is 0 Å². The van der Waals surface area contributed by atoms with Crippen LogP contribution in [-0.4, -0.2) is 26.8 Å². The molecule has 0 aromatic heterocycles. The number of halogens is 1. The first-order valence-electron chi connectivity index (χ1n) is 2.37. The van der Waals surface area contributed by atoms with Gasteiger partial charge in [0.25, 0.3) is 0 Å². The quantitative estimate of drug-likeness (QED) is 0.371. The molecule has 0 bridgehead atoms. The molecule has 0 aromatic rings. The molecule has 1 unspecified atom stereocenters. The molecule has 10 heavy (non-hydrogen) atoms. The summed E-state index contributed by atoms with van der Waals surface area (Å²) < 4.78 is 0. The maximum absolute atomic E-state index is 10.1. The topological polar surface area (TPSA) is 87.2 Å². The Labute approximate surface area is 70.8 Å². The number of aliphatic carboxylic acids is 1. The highest BCUT2D eigenvalue weighted by Crippen LogP contribution is 2.08. The van der Waals surface area contributed by atoms with Gasteiger partial charge in [0.15, 0.2) is 5.17 Å². The maximum Gasteiger partial charge on any atom is 0.318 e. The van der Waals surface area contributed by atoms with Crippen LogP contribution in [0.25, 0.3) is 0 Å². The summed E-state index contributed by atoms with van der Waals surface area (Å²) in [5.41, 5.74) is 4.97. The lowest BCUT2D eigenvalue weighted by atomic mass is 10.5. The number of rotatable bonds is 3. The van der Waals surface area contributed by atoms with Crippen molar-refractivity contribution >= 4 is 38.8 Å². The predicted molar refractivity (Wildman–Crippen MR) is 44.7 cm³/mol. The third-order valence-corrected chi connectivity index (χ3v) is 2.61. The molecule has 1 atom stereocenters. The van der Waals surface area contributed by atoms with Crippen LogP contribution in [0.5, 0.6) is 0 Å². The Kier molecular flexibility index (Phi) is 4.46. The van der Waals surface area contributed by atoms with E-state index in [0.717, 1.165) is 11.8 Å². The van der Waals surface area contributed by atoms with Crippen molar-refractivity contribution in [3.8, 4) is 0 Å². The SMILES string of the molecule is N=C(N)SCC(Br)C(=O)O. The summed E-state index contributed by atoms with van der Waals surface area (Å²) in [6, 6.07) is 0. The standard InChI is InChI=1S/C4H7BrN2O2S/c5-2(3(8)9)1-10-4(6)7/h2H,1H2,(H3,6,7)(H,8,9). The van der Waals surface area contributed by atoms with Gasteiger partial charge in [-0.3, -0.25) is 10.2 Å². The van der Waals surface area contributed by atoms with Crippen molar-refractivity contribution in [1.82, 2.24) is 0 Å². The van der Waals surface area contributed by atoms with Crippen LogP contribution >= 0.6 is 27.7 Å². The third kappa shape index (κ3) is 4.63. The smallest absolute Gasteiger partial charge is 0.318 e. The molecule has 0 aliphatic carbocycles. The molecule has 4 nitrogen and oxygen atoms in total. The Balaban J connectivity index is 3.49. The molecule has 0 aliphatic rings. The molecule has 0 saturated carbocycles. The van der Waals surface area contributed by atoms with E-state index in [2.05, 4.69) is 15.9 Å². The number of nitrogens with one attached hydrogen (secondary N) is 1. The molecule has 0 aliphatic heterocycles. The van der Waals surface area contributed by atoms with Crippen LogP contribution in [0.4, 0.5) is 0 Å². The minimum Gasteiger partial charge on any atom is -0.480 e. The molecule has 0 spiro atoms. The van der Waals surface area contributed by atoms with Gasteiger partial charge in [-0.15, -0.1) is 0 Å². The Morgan fingerprint density at radius 1 is 1.90 bits per heavy atom. The van der Waals surface area contributed by atoms with E-state index >= 15 is 0 Å². The predicted octanol–water partition coefficient (Wildman–Crippen LogP) is 0.461. The van der Waals surface area contributed by atoms with Crippen LogP contribution in [0.2, 0.25) is 0 Å². The van der Waals surface area contributed by atoms with E-state index < -0.39 is 10.8 Å². The van der Waals surface area contributed by atoms with Crippen LogP contribution in [0.1, 0.15) is 0 Å². The van der Waals surface area contributed by atoms with Gasteiger partial charge in [-0.25, -0.2) is 0 Å². The van der Waals surface area contributed by atoms with Crippen LogP contribution < -0.4 is 5.73 Å². The van der Waals surface area contributed by atoms with E-state index in [0.29, 0.717) is 0 Å². The fraction of sp³-hybridized carbons (Fsp3) is 0.500. The number of carboxylic acids is 1. The van der Waals surface area contributed by atoms with Crippen LogP contribution in [-0.2, 0) is 4.79 Å². The van der Waals surface area contributed by atoms with E-state index in [1.807, 2.05) is 0 Å². The highest BCUT2D eigenvalue weighted by molar-refractivity contribution is 9.10. The van der Waals surface area contributed by atoms with Gasteiger partial charge < -0.3 is 10.8 Å². The molecular formula is C4H7BrN2O2S. The molecule has 0 rings (SSSR count). The molecule has 0 fully saturated rings. The van der Waals surface area contributed by atoms with Gasteiger partial charge >= 0.3 is 5.97 Å². The zero-order valence-corrected chi connectivity index (χ0v) is 7.41. The Hall–Kier alpha value is -0.230. The molecule has 0 saturated heterocycles. The van der Waals surface area contributed by atoms with Crippen molar-refractivity contribution in [3.63, 3.8) is 0 Å². The maximum atomic E-state index is 10.1. The zero-order chi connectivity index (χ0) is 8.15. The number of alkyl halides is 1. The lowest BCUT2D eigenvalue weighted by molar-refractivity contribution is -0.135. The lowest BCUT2D eigenvalue weighted by Crippen LogP contribution is -2.17. The fourth-order valence-corrected chi connectivity index (χ4v) is 1.10. The number of hydrogen-bond donors (Lipinski definition) is 3. The molecule has 0 amide bonds. The average Bonchev–Trinajstić information content (AvgIpc) is 1.82. The van der Waals surface area contributed by atoms with Crippen LogP contribution in [0, 0.1) is 5.41 Å². The molecule has 0 heterocycles. The van der Waals surface area contributed by atoms with E-state index in [9.17, 15) is 4.79 Å². The van der Waals surface area contributed by atoms with Crippen molar-refractivity contribution in [2.75, 3.05) is 5.75 Å². The van der Waals surface area contributed by atoms with Gasteiger partial charge in [-0.05, 0) is 0 Å². The number of nitrogens with two attached hydrogens (primary N) is 1. The summed E-state index contributed by atoms with van der Waals surface area (Å²) in [5, 5.41) is 15.0. The van der Waals surface area contributed by atoms with Crippen molar-refractivity contribution in [2.24, 2.45) is 5.73 Å². The van der Waals surface area contributed by atoms with E-state index in [1.165, 1.54) is 0 Å². The summed E-state index contributed by atoms with van der Waals surface area (Å²) in [4.78, 5) is 9.52. The third-order valence-electron chi connectivity index (χ3n) is 0.653. The second-order valence-electron chi connectivity index (χ2n) is 1.48. The summed E-state index contributed by atoms with van der Waals surface area (Å²) >= 11 is 3.90. The number of hydrogen-bond acceptors (Lipinski definition) is 3. The zero-order valence-electron chi connectivity index (χ0n) is 5.00. The highest BCUT2D eigenvalue weighted by atomic mass is 79.9. The van der Waals surface area contributed by atoms with Gasteiger partial charge in [0, 0.05) is 5.75 Å². The van der Waals surface area contributed by atoms with E-state index in [4.69, 9.17) is 16.2 Å². The van der Waals surface area contributed by atoms with Gasteiger partial charge in [0.1, 0.15) is 4.83 Å². The van der Waals surface area contributed by atoms with Crippen molar-refractivity contribution in [3.05, 3.63) is 0 Å². The van der Waals surface area contributed by atoms with E-state index in [1.54, 1.807) is 0 Å². The van der Waals surface area contributed by atoms with Gasteiger partial charge in [0.05, 0.1) is 0 Å². The van der Waals surface area contributed by atoms with Gasteiger partial charge in [-0.2, -0.15) is 0 Å².